The van der Waals surface area contributed by atoms with Crippen LogP contribution in [-0.2, 0) is 24.6 Å². The predicted molar refractivity (Wildman–Crippen MR) is 129 cm³/mol. The Bertz CT molecular complexity index is 1120. The first-order valence-corrected chi connectivity index (χ1v) is 13.3. The molecule has 1 aromatic carbocycles. The molecule has 6 nitrogen and oxygen atoms in total. The molecular formula is C27H35F3N4O2. The topological polar surface area (TPSA) is 64.8 Å². The number of phenols is 1. The molecular weight excluding hydrogens is 469 g/mol. The zero-order valence-electron chi connectivity index (χ0n) is 20.6. The smallest absolute Gasteiger partial charge is 0.419 e. The van der Waals surface area contributed by atoms with Crippen LogP contribution < -0.4 is 0 Å². The molecule has 2 aromatic rings. The molecule has 0 spiro atoms. The minimum atomic E-state index is -4.37. The lowest BCUT2D eigenvalue weighted by Gasteiger charge is -2.61. The molecule has 3 heterocycles. The normalized spacial score (nSPS) is 31.1. The summed E-state index contributed by atoms with van der Waals surface area (Å²) in [7, 11) is 0. The second-order valence-corrected chi connectivity index (χ2v) is 11.4. The van der Waals surface area contributed by atoms with Crippen LogP contribution in [0.25, 0.3) is 0 Å². The van der Waals surface area contributed by atoms with Gasteiger partial charge >= 0.3 is 6.18 Å². The summed E-state index contributed by atoms with van der Waals surface area (Å²) >= 11 is 0. The van der Waals surface area contributed by atoms with Gasteiger partial charge in [-0.2, -0.15) is 18.3 Å². The van der Waals surface area contributed by atoms with Gasteiger partial charge in [-0.1, -0.05) is 6.07 Å². The van der Waals surface area contributed by atoms with Crippen LogP contribution in [-0.4, -0.2) is 74.2 Å². The number of hydrogen-bond acceptors (Lipinski definition) is 5. The number of aromatic nitrogens is 2. The summed E-state index contributed by atoms with van der Waals surface area (Å²) in [5.41, 5.74) is 0.398. The molecule has 2 saturated heterocycles. The van der Waals surface area contributed by atoms with Crippen LogP contribution in [0, 0.1) is 5.92 Å². The summed E-state index contributed by atoms with van der Waals surface area (Å²) in [6.45, 7) is 4.78. The standard InChI is InChI=1S/C27H35F3N4O2/c28-27(29,30)21-16-31-34(18-21)10-1-9-32-11-6-25-7-13-33(17-19-2-3-19)24(26(25,36)8-12-32)14-20-4-5-22(35)15-23(20)25/h4-5,15-16,18-19,24,35-36H,1-3,6-14,17H2/t24-,25+,26-/m1/s1. The van der Waals surface area contributed by atoms with E-state index in [0.717, 1.165) is 75.9 Å². The van der Waals surface area contributed by atoms with E-state index in [9.17, 15) is 23.4 Å². The Morgan fingerprint density at radius 2 is 1.83 bits per heavy atom. The van der Waals surface area contributed by atoms with Gasteiger partial charge in [0.05, 0.1) is 17.4 Å². The molecule has 9 heteroatoms. The summed E-state index contributed by atoms with van der Waals surface area (Å²) < 4.78 is 40.0. The number of phenolic OH excluding ortho intramolecular Hbond substituents is 1. The number of aryl methyl sites for hydroxylation is 1. The van der Waals surface area contributed by atoms with Crippen LogP contribution in [0.4, 0.5) is 13.2 Å². The number of aromatic hydroxyl groups is 1. The number of alkyl halides is 3. The molecule has 2 N–H and O–H groups in total. The lowest BCUT2D eigenvalue weighted by Crippen LogP contribution is -2.71. The summed E-state index contributed by atoms with van der Waals surface area (Å²) in [5, 5.41) is 26.7. The van der Waals surface area contributed by atoms with Crippen LogP contribution in [0.15, 0.2) is 30.6 Å². The number of rotatable bonds is 6. The molecule has 2 bridgehead atoms. The van der Waals surface area contributed by atoms with E-state index in [2.05, 4.69) is 14.9 Å². The van der Waals surface area contributed by atoms with E-state index in [4.69, 9.17) is 0 Å². The quantitative estimate of drug-likeness (QED) is 0.627. The summed E-state index contributed by atoms with van der Waals surface area (Å²) in [6.07, 6.45) is 4.00. The van der Waals surface area contributed by atoms with E-state index in [1.165, 1.54) is 23.1 Å². The molecule has 0 amide bonds. The molecule has 1 aromatic heterocycles. The van der Waals surface area contributed by atoms with Crippen molar-refractivity contribution >= 4 is 0 Å². The Morgan fingerprint density at radius 1 is 1.06 bits per heavy atom. The fourth-order valence-electron chi connectivity index (χ4n) is 7.22. The first-order chi connectivity index (χ1) is 17.2. The fourth-order valence-corrected chi connectivity index (χ4v) is 7.22. The number of benzene rings is 1. The van der Waals surface area contributed by atoms with Gasteiger partial charge in [0, 0.05) is 37.3 Å². The Kier molecular flexibility index (Phi) is 5.89. The first kappa shape index (κ1) is 24.2. The predicted octanol–water partition coefficient (Wildman–Crippen LogP) is 3.80. The van der Waals surface area contributed by atoms with Crippen molar-refractivity contribution in [1.82, 2.24) is 19.6 Å². The highest BCUT2D eigenvalue weighted by molar-refractivity contribution is 5.48. The lowest BCUT2D eigenvalue weighted by atomic mass is 9.52. The molecule has 0 radical (unpaired) electrons. The zero-order valence-corrected chi connectivity index (χ0v) is 20.6. The third kappa shape index (κ3) is 4.13. The summed E-state index contributed by atoms with van der Waals surface area (Å²) in [5.74, 6) is 1.01. The average molecular weight is 505 g/mol. The maximum Gasteiger partial charge on any atom is 0.419 e. The number of fused-ring (bicyclic) bond motifs is 1. The van der Waals surface area contributed by atoms with Gasteiger partial charge in [-0.25, -0.2) is 0 Å². The Labute approximate surface area is 209 Å². The molecule has 4 aliphatic rings. The number of aliphatic hydroxyl groups is 1. The van der Waals surface area contributed by atoms with Gasteiger partial charge in [0.1, 0.15) is 5.75 Å². The van der Waals surface area contributed by atoms with Crippen molar-refractivity contribution < 1.29 is 23.4 Å². The van der Waals surface area contributed by atoms with Crippen LogP contribution in [0.1, 0.15) is 55.2 Å². The minimum absolute atomic E-state index is 0.0775. The van der Waals surface area contributed by atoms with Crippen molar-refractivity contribution in [3.63, 3.8) is 0 Å². The summed E-state index contributed by atoms with van der Waals surface area (Å²) in [4.78, 5) is 4.89. The highest BCUT2D eigenvalue weighted by atomic mass is 19.4. The van der Waals surface area contributed by atoms with Crippen molar-refractivity contribution in [3.8, 4) is 5.75 Å². The van der Waals surface area contributed by atoms with Crippen molar-refractivity contribution in [2.75, 3.05) is 32.7 Å². The number of halogens is 3. The molecule has 0 unspecified atom stereocenters. The second kappa shape index (κ2) is 8.74. The molecule has 36 heavy (non-hydrogen) atoms. The van der Waals surface area contributed by atoms with Gasteiger partial charge in [0.2, 0.25) is 0 Å². The maximum absolute atomic E-state index is 12.9. The second-order valence-electron chi connectivity index (χ2n) is 11.4. The lowest BCUT2D eigenvalue weighted by molar-refractivity contribution is -0.149. The van der Waals surface area contributed by atoms with Gasteiger partial charge in [-0.05, 0) is 93.8 Å². The number of piperidine rings is 1. The van der Waals surface area contributed by atoms with E-state index in [1.807, 2.05) is 12.1 Å². The zero-order chi connectivity index (χ0) is 25.1. The van der Waals surface area contributed by atoms with Gasteiger partial charge in [0.15, 0.2) is 0 Å². The Balaban J connectivity index is 1.20. The largest absolute Gasteiger partial charge is 0.508 e. The average Bonchev–Trinajstić information content (AvgIpc) is 3.54. The first-order valence-electron chi connectivity index (χ1n) is 13.3. The Morgan fingerprint density at radius 3 is 2.58 bits per heavy atom. The molecule has 2 aliphatic heterocycles. The van der Waals surface area contributed by atoms with E-state index in [1.54, 1.807) is 6.07 Å². The molecule has 196 valence electrons. The van der Waals surface area contributed by atoms with Crippen molar-refractivity contribution in [2.45, 2.75) is 74.7 Å². The van der Waals surface area contributed by atoms with Crippen molar-refractivity contribution in [2.24, 2.45) is 5.92 Å². The van der Waals surface area contributed by atoms with Gasteiger partial charge < -0.3 is 15.1 Å². The Hall–Kier alpha value is -2.10. The van der Waals surface area contributed by atoms with E-state index in [-0.39, 0.29) is 17.2 Å². The number of likely N-dealkylation sites (tertiary alicyclic amines) is 2. The maximum atomic E-state index is 12.9. The molecule has 1 saturated carbocycles. The highest BCUT2D eigenvalue weighted by Gasteiger charge is 2.63. The monoisotopic (exact) mass is 504 g/mol. The fraction of sp³-hybridized carbons (Fsp3) is 0.667. The SMILES string of the molecule is Oc1ccc2c(c1)[C@@]13CCN(CCCn4cc(C(F)(F)F)cn4)CC[C@@]1(O)[C@@H](C2)N(CC1CC1)CC3. The molecule has 3 atom stereocenters. The van der Waals surface area contributed by atoms with Gasteiger partial charge in [-0.15, -0.1) is 0 Å². The molecule has 2 aliphatic carbocycles. The van der Waals surface area contributed by atoms with E-state index >= 15 is 0 Å². The van der Waals surface area contributed by atoms with Crippen LogP contribution >= 0.6 is 0 Å². The van der Waals surface area contributed by atoms with Crippen LogP contribution in [0.2, 0.25) is 0 Å². The molecule has 3 fully saturated rings. The molecule has 6 rings (SSSR count). The summed E-state index contributed by atoms with van der Waals surface area (Å²) in [6, 6.07) is 5.78. The van der Waals surface area contributed by atoms with E-state index in [0.29, 0.717) is 19.4 Å². The van der Waals surface area contributed by atoms with E-state index < -0.39 is 17.3 Å². The van der Waals surface area contributed by atoms with Crippen molar-refractivity contribution in [1.29, 1.82) is 0 Å². The third-order valence-corrected chi connectivity index (χ3v) is 9.34. The third-order valence-electron chi connectivity index (χ3n) is 9.34. The van der Waals surface area contributed by atoms with Crippen LogP contribution in [0.5, 0.6) is 5.75 Å². The highest BCUT2D eigenvalue weighted by Crippen LogP contribution is 2.56. The van der Waals surface area contributed by atoms with Gasteiger partial charge in [0.25, 0.3) is 0 Å². The number of hydrogen-bond donors (Lipinski definition) is 2. The van der Waals surface area contributed by atoms with Gasteiger partial charge in [-0.3, -0.25) is 9.58 Å². The number of nitrogens with zero attached hydrogens (tertiary/aromatic N) is 4. The van der Waals surface area contributed by atoms with Crippen LogP contribution in [0.3, 0.4) is 0 Å². The van der Waals surface area contributed by atoms with Crippen molar-refractivity contribution in [3.05, 3.63) is 47.3 Å². The minimum Gasteiger partial charge on any atom is -0.508 e.